The lowest BCUT2D eigenvalue weighted by Gasteiger charge is -2.29. The number of rotatable bonds is 7. The van der Waals surface area contributed by atoms with Crippen molar-refractivity contribution in [1.82, 2.24) is 15.3 Å². The average molecular weight is 495 g/mol. The van der Waals surface area contributed by atoms with E-state index in [9.17, 15) is 4.79 Å². The molecule has 4 rings (SSSR count). The number of nitrogens with zero attached hydrogens (tertiary/aromatic N) is 3. The first kappa shape index (κ1) is 24.6. The van der Waals surface area contributed by atoms with Gasteiger partial charge >= 0.3 is 0 Å². The molecule has 1 fully saturated rings. The molecular weight excluding hydrogens is 468 g/mol. The van der Waals surface area contributed by atoms with Crippen LogP contribution in [0.1, 0.15) is 12.0 Å². The van der Waals surface area contributed by atoms with Crippen LogP contribution in [0.2, 0.25) is 5.02 Å². The second kappa shape index (κ2) is 10.8. The molecule has 0 saturated carbocycles. The Morgan fingerprint density at radius 2 is 2.09 bits per heavy atom. The fraction of sp³-hybridized carbons (Fsp3) is 0.308. The van der Waals surface area contributed by atoms with Crippen LogP contribution in [0.15, 0.2) is 48.1 Å². The highest BCUT2D eigenvalue weighted by Gasteiger charge is 2.25. The zero-order valence-corrected chi connectivity index (χ0v) is 20.6. The number of amides is 1. The van der Waals surface area contributed by atoms with Crippen LogP contribution in [0.25, 0.3) is 22.0 Å². The van der Waals surface area contributed by atoms with E-state index in [1.165, 1.54) is 6.08 Å². The second-order valence-electron chi connectivity index (χ2n) is 8.16. The molecule has 1 unspecified atom stereocenters. The molecular formula is C26H27ClN4O4. The Morgan fingerprint density at radius 1 is 1.29 bits per heavy atom. The molecule has 9 heteroatoms. The molecule has 2 atom stereocenters. The molecule has 0 aliphatic carbocycles. The van der Waals surface area contributed by atoms with Gasteiger partial charge in [0.05, 0.1) is 31.4 Å². The number of halogens is 1. The van der Waals surface area contributed by atoms with Gasteiger partial charge in [-0.15, -0.1) is 0 Å². The van der Waals surface area contributed by atoms with Crippen molar-refractivity contribution in [2.45, 2.75) is 19.4 Å². The first-order valence-corrected chi connectivity index (χ1v) is 11.6. The van der Waals surface area contributed by atoms with Crippen LogP contribution in [0.5, 0.6) is 11.5 Å². The fourth-order valence-electron chi connectivity index (χ4n) is 4.14. The van der Waals surface area contributed by atoms with Crippen molar-refractivity contribution in [1.29, 1.82) is 0 Å². The van der Waals surface area contributed by atoms with E-state index in [1.54, 1.807) is 32.7 Å². The van der Waals surface area contributed by atoms with E-state index in [0.29, 0.717) is 42.1 Å². The molecule has 1 aromatic heterocycles. The van der Waals surface area contributed by atoms with Crippen LogP contribution in [-0.2, 0) is 9.53 Å². The molecule has 3 aromatic rings. The predicted molar refractivity (Wildman–Crippen MR) is 137 cm³/mol. The summed E-state index contributed by atoms with van der Waals surface area (Å²) in [7, 11) is 3.19. The van der Waals surface area contributed by atoms with Crippen LogP contribution in [-0.4, -0.2) is 55.6 Å². The summed E-state index contributed by atoms with van der Waals surface area (Å²) in [6.07, 6.45) is 5.44. The standard InChI is InChI=1S/C26H27ClN4O4/c1-5-23(32)30-20-8-9-35-14-18(20)13-29-26-28-12-17-10-16(6-7-19(17)31-26)24-15(2)21(33-3)11-22(34-4)25(24)27/h5-7,10-13,18,20H,1,8-9,14H2,2-4H3,(H,30,32)/b29-13+/t18?,20-/m0/s1. The highest BCUT2D eigenvalue weighted by molar-refractivity contribution is 6.35. The van der Waals surface area contributed by atoms with Gasteiger partial charge in [0, 0.05) is 53.6 Å². The first-order valence-electron chi connectivity index (χ1n) is 11.2. The molecule has 1 aliphatic heterocycles. The monoisotopic (exact) mass is 494 g/mol. The van der Waals surface area contributed by atoms with Crippen molar-refractivity contribution in [2.24, 2.45) is 10.9 Å². The third-order valence-electron chi connectivity index (χ3n) is 6.03. The minimum Gasteiger partial charge on any atom is -0.496 e. The number of methoxy groups -OCH3 is 2. The van der Waals surface area contributed by atoms with Gasteiger partial charge in [0.25, 0.3) is 0 Å². The molecule has 182 valence electrons. The van der Waals surface area contributed by atoms with Gasteiger partial charge in [-0.1, -0.05) is 24.2 Å². The summed E-state index contributed by atoms with van der Waals surface area (Å²) in [6.45, 7) is 6.52. The zero-order valence-electron chi connectivity index (χ0n) is 19.9. The number of carbonyl (C=O) groups excluding carboxylic acids is 1. The molecule has 1 amide bonds. The van der Waals surface area contributed by atoms with E-state index >= 15 is 0 Å². The lowest BCUT2D eigenvalue weighted by atomic mass is 9.97. The molecule has 1 N–H and O–H groups in total. The number of hydrogen-bond donors (Lipinski definition) is 1. The van der Waals surface area contributed by atoms with Crippen molar-refractivity contribution in [3.05, 3.63) is 53.7 Å². The third-order valence-corrected chi connectivity index (χ3v) is 6.41. The Bertz CT molecular complexity index is 1270. The summed E-state index contributed by atoms with van der Waals surface area (Å²) >= 11 is 6.65. The minimum absolute atomic E-state index is 0.0751. The maximum Gasteiger partial charge on any atom is 0.249 e. The van der Waals surface area contributed by atoms with Gasteiger partial charge in [-0.25, -0.2) is 15.0 Å². The lowest BCUT2D eigenvalue weighted by Crippen LogP contribution is -2.45. The van der Waals surface area contributed by atoms with Crippen molar-refractivity contribution < 1.29 is 19.0 Å². The SMILES string of the molecule is C=CC(=O)N[C@H]1CCOCC1/C=N/c1ncc2cc(-c3c(C)c(OC)cc(OC)c3Cl)ccc2n1. The van der Waals surface area contributed by atoms with Gasteiger partial charge in [0.1, 0.15) is 11.5 Å². The molecule has 2 aromatic carbocycles. The van der Waals surface area contributed by atoms with Crippen LogP contribution < -0.4 is 14.8 Å². The number of hydrogen-bond acceptors (Lipinski definition) is 7. The van der Waals surface area contributed by atoms with Crippen molar-refractivity contribution in [3.8, 4) is 22.6 Å². The van der Waals surface area contributed by atoms with Crippen molar-refractivity contribution >= 4 is 40.6 Å². The summed E-state index contributed by atoms with van der Waals surface area (Å²) < 4.78 is 16.5. The van der Waals surface area contributed by atoms with E-state index in [1.807, 2.05) is 25.1 Å². The molecule has 1 aliphatic rings. The van der Waals surface area contributed by atoms with E-state index in [2.05, 4.69) is 26.9 Å². The predicted octanol–water partition coefficient (Wildman–Crippen LogP) is 4.69. The first-order chi connectivity index (χ1) is 16.9. The number of nitrogens with one attached hydrogen (secondary N) is 1. The summed E-state index contributed by atoms with van der Waals surface area (Å²) in [6, 6.07) is 7.54. The van der Waals surface area contributed by atoms with Gasteiger partial charge in [-0.05, 0) is 37.1 Å². The van der Waals surface area contributed by atoms with Gasteiger partial charge in [0.15, 0.2) is 0 Å². The third kappa shape index (κ3) is 5.28. The summed E-state index contributed by atoms with van der Waals surface area (Å²) in [5.41, 5.74) is 3.39. The van der Waals surface area contributed by atoms with Gasteiger partial charge in [-0.2, -0.15) is 0 Å². The Hall–Kier alpha value is -3.49. The maximum atomic E-state index is 11.7. The highest BCUT2D eigenvalue weighted by atomic mass is 35.5. The maximum absolute atomic E-state index is 11.7. The highest BCUT2D eigenvalue weighted by Crippen LogP contribution is 2.43. The van der Waals surface area contributed by atoms with Crippen LogP contribution in [0.3, 0.4) is 0 Å². The van der Waals surface area contributed by atoms with E-state index in [4.69, 9.17) is 25.8 Å². The van der Waals surface area contributed by atoms with Crippen LogP contribution in [0.4, 0.5) is 5.95 Å². The summed E-state index contributed by atoms with van der Waals surface area (Å²) in [5, 5.41) is 4.29. The lowest BCUT2D eigenvalue weighted by molar-refractivity contribution is -0.118. The van der Waals surface area contributed by atoms with Crippen LogP contribution >= 0.6 is 11.6 Å². The molecule has 1 saturated heterocycles. The Morgan fingerprint density at radius 3 is 2.83 bits per heavy atom. The Balaban J connectivity index is 1.62. The zero-order chi connectivity index (χ0) is 24.9. The second-order valence-corrected chi connectivity index (χ2v) is 8.54. The quantitative estimate of drug-likeness (QED) is 0.378. The topological polar surface area (TPSA) is 94.9 Å². The van der Waals surface area contributed by atoms with Gasteiger partial charge < -0.3 is 19.5 Å². The number of fused-ring (bicyclic) bond motifs is 1. The fourth-order valence-corrected chi connectivity index (χ4v) is 4.52. The summed E-state index contributed by atoms with van der Waals surface area (Å²) in [4.78, 5) is 25.2. The number of benzene rings is 2. The normalized spacial score (nSPS) is 17.9. The number of carbonyl (C=O) groups is 1. The number of aromatic nitrogens is 2. The number of ether oxygens (including phenoxy) is 3. The smallest absolute Gasteiger partial charge is 0.249 e. The summed E-state index contributed by atoms with van der Waals surface area (Å²) in [5.74, 6) is 1.28. The van der Waals surface area contributed by atoms with Crippen molar-refractivity contribution in [3.63, 3.8) is 0 Å². The minimum atomic E-state index is -0.211. The van der Waals surface area contributed by atoms with Crippen LogP contribution in [0, 0.1) is 12.8 Å². The Kier molecular flexibility index (Phi) is 7.63. The molecule has 8 nitrogen and oxygen atoms in total. The largest absolute Gasteiger partial charge is 0.496 e. The van der Waals surface area contributed by atoms with E-state index in [0.717, 1.165) is 27.6 Å². The Labute approximate surface area is 209 Å². The number of aliphatic imine (C=N–C) groups is 1. The van der Waals surface area contributed by atoms with Gasteiger partial charge in [-0.3, -0.25) is 4.79 Å². The molecule has 0 radical (unpaired) electrons. The van der Waals surface area contributed by atoms with Gasteiger partial charge in [0.2, 0.25) is 11.9 Å². The molecule has 35 heavy (non-hydrogen) atoms. The average Bonchev–Trinajstić information content (AvgIpc) is 2.88. The van der Waals surface area contributed by atoms with E-state index in [-0.39, 0.29) is 17.9 Å². The van der Waals surface area contributed by atoms with Crippen molar-refractivity contribution in [2.75, 3.05) is 27.4 Å². The molecule has 2 heterocycles. The molecule has 0 spiro atoms. The van der Waals surface area contributed by atoms with E-state index < -0.39 is 0 Å². The molecule has 0 bridgehead atoms.